The fourth-order valence-electron chi connectivity index (χ4n) is 3.25. The van der Waals surface area contributed by atoms with Crippen LogP contribution >= 0.6 is 0 Å². The second-order valence-electron chi connectivity index (χ2n) is 7.09. The zero-order valence-corrected chi connectivity index (χ0v) is 15.8. The molecule has 0 aromatic carbocycles. The molecule has 4 rings (SSSR count). The lowest BCUT2D eigenvalue weighted by atomic mass is 10.1. The third kappa shape index (κ3) is 3.61. The summed E-state index contributed by atoms with van der Waals surface area (Å²) in [5, 5.41) is 8.04. The van der Waals surface area contributed by atoms with E-state index in [9.17, 15) is 4.79 Å². The van der Waals surface area contributed by atoms with Gasteiger partial charge in [0.05, 0.1) is 17.9 Å². The zero-order valence-electron chi connectivity index (χ0n) is 15.8. The lowest BCUT2D eigenvalue weighted by molar-refractivity contribution is 0.125. The second-order valence-corrected chi connectivity index (χ2v) is 7.09. The van der Waals surface area contributed by atoms with Crippen LogP contribution in [0.2, 0.25) is 0 Å². The minimum Gasteiger partial charge on any atom is -0.322 e. The van der Waals surface area contributed by atoms with Crippen molar-refractivity contribution >= 4 is 22.8 Å². The first-order valence-corrected chi connectivity index (χ1v) is 9.00. The topological polar surface area (TPSA) is 79.2 Å². The summed E-state index contributed by atoms with van der Waals surface area (Å²) >= 11 is 0. The first kappa shape index (κ1) is 17.4. The van der Waals surface area contributed by atoms with E-state index in [1.165, 1.54) is 0 Å². The number of urea groups is 1. The third-order valence-electron chi connectivity index (χ3n) is 5.09. The lowest BCUT2D eigenvalue weighted by Gasteiger charge is -2.37. The number of carbonyl (C=O) groups excluding carboxylic acids is 1. The molecule has 3 aromatic rings. The molecule has 0 bridgehead atoms. The van der Waals surface area contributed by atoms with E-state index in [1.807, 2.05) is 36.5 Å². The predicted molar refractivity (Wildman–Crippen MR) is 104 cm³/mol. The van der Waals surface area contributed by atoms with Crippen LogP contribution in [0, 0.1) is 0 Å². The zero-order chi connectivity index (χ0) is 19.0. The van der Waals surface area contributed by atoms with E-state index < -0.39 is 0 Å². The van der Waals surface area contributed by atoms with Crippen LogP contribution in [0.15, 0.2) is 36.9 Å². The minimum absolute atomic E-state index is 0.113. The Balaban J connectivity index is 1.54. The Morgan fingerprint density at radius 2 is 1.96 bits per heavy atom. The van der Waals surface area contributed by atoms with Crippen molar-refractivity contribution in [3.8, 4) is 11.1 Å². The van der Waals surface area contributed by atoms with Crippen LogP contribution in [0.25, 0.3) is 22.0 Å². The van der Waals surface area contributed by atoms with Gasteiger partial charge < -0.3 is 9.80 Å². The van der Waals surface area contributed by atoms with Gasteiger partial charge in [-0.1, -0.05) is 0 Å². The van der Waals surface area contributed by atoms with Crippen LogP contribution in [-0.2, 0) is 7.05 Å². The van der Waals surface area contributed by atoms with Gasteiger partial charge in [0.1, 0.15) is 5.82 Å². The second kappa shape index (κ2) is 6.96. The molecule has 0 spiro atoms. The molecule has 0 radical (unpaired) electrons. The molecule has 1 saturated heterocycles. The van der Waals surface area contributed by atoms with Crippen LogP contribution in [0.1, 0.15) is 6.92 Å². The Bertz CT molecular complexity index is 983. The SMILES string of the molecule is CC1CN(C(=O)Nc2cc3cc(-c4cnn(C)c4)cnc3cn2)CCN1C. The molecule has 2 amide bonds. The van der Waals surface area contributed by atoms with Gasteiger partial charge in [0.2, 0.25) is 0 Å². The van der Waals surface area contributed by atoms with Crippen molar-refractivity contribution in [1.29, 1.82) is 0 Å². The molecule has 0 saturated carbocycles. The highest BCUT2D eigenvalue weighted by Gasteiger charge is 2.24. The number of pyridine rings is 2. The number of carbonyl (C=O) groups is 1. The number of amides is 2. The highest BCUT2D eigenvalue weighted by Crippen LogP contribution is 2.23. The minimum atomic E-state index is -0.113. The molecule has 8 heteroatoms. The molecular weight excluding hydrogens is 342 g/mol. The first-order chi connectivity index (χ1) is 13.0. The maximum Gasteiger partial charge on any atom is 0.323 e. The van der Waals surface area contributed by atoms with Gasteiger partial charge in [-0.05, 0) is 26.1 Å². The number of aryl methyl sites for hydroxylation is 1. The van der Waals surface area contributed by atoms with E-state index in [0.29, 0.717) is 24.9 Å². The molecule has 1 aliphatic heterocycles. The van der Waals surface area contributed by atoms with Crippen LogP contribution in [0.4, 0.5) is 10.6 Å². The predicted octanol–water partition coefficient (Wildman–Crippen LogP) is 2.20. The van der Waals surface area contributed by atoms with Crippen LogP contribution in [0.5, 0.6) is 0 Å². The number of nitrogens with zero attached hydrogens (tertiary/aromatic N) is 6. The van der Waals surface area contributed by atoms with Gasteiger partial charge in [0, 0.05) is 61.6 Å². The van der Waals surface area contributed by atoms with Gasteiger partial charge in [-0.3, -0.25) is 15.0 Å². The fourth-order valence-corrected chi connectivity index (χ4v) is 3.25. The van der Waals surface area contributed by atoms with E-state index in [1.54, 1.807) is 17.1 Å². The normalized spacial score (nSPS) is 18.0. The van der Waals surface area contributed by atoms with E-state index in [4.69, 9.17) is 0 Å². The largest absolute Gasteiger partial charge is 0.323 e. The number of piperazine rings is 1. The Hall–Kier alpha value is -3.00. The van der Waals surface area contributed by atoms with Gasteiger partial charge in [-0.15, -0.1) is 0 Å². The van der Waals surface area contributed by atoms with Crippen molar-refractivity contribution in [2.75, 3.05) is 32.0 Å². The van der Waals surface area contributed by atoms with E-state index in [2.05, 4.69) is 39.3 Å². The Labute approximate surface area is 157 Å². The number of anilines is 1. The van der Waals surface area contributed by atoms with Gasteiger partial charge in [0.15, 0.2) is 0 Å². The number of likely N-dealkylation sites (N-methyl/N-ethyl adjacent to an activating group) is 1. The average molecular weight is 365 g/mol. The maximum atomic E-state index is 12.6. The smallest absolute Gasteiger partial charge is 0.322 e. The third-order valence-corrected chi connectivity index (χ3v) is 5.09. The molecule has 3 aromatic heterocycles. The van der Waals surface area contributed by atoms with Crippen molar-refractivity contribution < 1.29 is 4.79 Å². The molecule has 1 N–H and O–H groups in total. The van der Waals surface area contributed by atoms with Crippen molar-refractivity contribution in [3.63, 3.8) is 0 Å². The average Bonchev–Trinajstić information content (AvgIpc) is 3.09. The molecule has 8 nitrogen and oxygen atoms in total. The summed E-state index contributed by atoms with van der Waals surface area (Å²) in [6.45, 7) is 4.42. The molecule has 1 aliphatic rings. The van der Waals surface area contributed by atoms with Gasteiger partial charge in [-0.25, -0.2) is 9.78 Å². The molecular formula is C19H23N7O. The summed E-state index contributed by atoms with van der Waals surface area (Å²) in [6.07, 6.45) is 7.25. The maximum absolute atomic E-state index is 12.6. The summed E-state index contributed by atoms with van der Waals surface area (Å²) in [4.78, 5) is 25.5. The lowest BCUT2D eigenvalue weighted by Crippen LogP contribution is -2.53. The standard InChI is InChI=1S/C19H23N7O/c1-13-11-26(5-4-24(13)2)19(27)23-18-7-14-6-15(8-20-17(14)10-21-18)16-9-22-25(3)12-16/h6-10,12-13H,4-5,11H2,1-3H3,(H,21,23,27). The van der Waals surface area contributed by atoms with Crippen LogP contribution < -0.4 is 5.32 Å². The Morgan fingerprint density at radius 3 is 2.70 bits per heavy atom. The van der Waals surface area contributed by atoms with Gasteiger partial charge in [0.25, 0.3) is 0 Å². The van der Waals surface area contributed by atoms with E-state index >= 15 is 0 Å². The Kier molecular flexibility index (Phi) is 4.49. The summed E-state index contributed by atoms with van der Waals surface area (Å²) < 4.78 is 1.76. The van der Waals surface area contributed by atoms with Crippen LogP contribution in [-0.4, -0.2) is 68.3 Å². The molecule has 0 aliphatic carbocycles. The number of rotatable bonds is 2. The van der Waals surface area contributed by atoms with Crippen molar-refractivity contribution in [3.05, 3.63) is 36.9 Å². The molecule has 27 heavy (non-hydrogen) atoms. The number of hydrogen-bond acceptors (Lipinski definition) is 5. The number of aromatic nitrogens is 4. The van der Waals surface area contributed by atoms with Crippen molar-refractivity contribution in [1.82, 2.24) is 29.5 Å². The molecule has 1 fully saturated rings. The monoisotopic (exact) mass is 365 g/mol. The van der Waals surface area contributed by atoms with Crippen molar-refractivity contribution in [2.45, 2.75) is 13.0 Å². The van der Waals surface area contributed by atoms with E-state index in [-0.39, 0.29) is 6.03 Å². The first-order valence-electron chi connectivity index (χ1n) is 9.00. The summed E-state index contributed by atoms with van der Waals surface area (Å²) in [7, 11) is 3.96. The van der Waals surface area contributed by atoms with Crippen molar-refractivity contribution in [2.24, 2.45) is 7.05 Å². The summed E-state index contributed by atoms with van der Waals surface area (Å²) in [6, 6.07) is 4.13. The van der Waals surface area contributed by atoms with Gasteiger partial charge >= 0.3 is 6.03 Å². The van der Waals surface area contributed by atoms with E-state index in [0.717, 1.165) is 28.6 Å². The number of nitrogens with one attached hydrogen (secondary N) is 1. The highest BCUT2D eigenvalue weighted by atomic mass is 16.2. The molecule has 140 valence electrons. The Morgan fingerprint density at radius 1 is 1.11 bits per heavy atom. The fraction of sp³-hybridized carbons (Fsp3) is 0.368. The molecule has 4 heterocycles. The van der Waals surface area contributed by atoms with Crippen LogP contribution in [0.3, 0.4) is 0 Å². The summed E-state index contributed by atoms with van der Waals surface area (Å²) in [5.74, 6) is 0.532. The highest BCUT2D eigenvalue weighted by molar-refractivity contribution is 5.92. The number of hydrogen-bond donors (Lipinski definition) is 1. The number of fused-ring (bicyclic) bond motifs is 1. The molecule has 1 atom stereocenters. The molecule has 1 unspecified atom stereocenters. The summed E-state index contributed by atoms with van der Waals surface area (Å²) in [5.41, 5.74) is 2.77. The van der Waals surface area contributed by atoms with Gasteiger partial charge in [-0.2, -0.15) is 5.10 Å². The quantitative estimate of drug-likeness (QED) is 0.753.